The van der Waals surface area contributed by atoms with Crippen LogP contribution in [-0.4, -0.2) is 28.7 Å². The monoisotopic (exact) mass is 469 g/mol. The van der Waals surface area contributed by atoms with Crippen molar-refractivity contribution in [3.63, 3.8) is 0 Å². The van der Waals surface area contributed by atoms with Gasteiger partial charge in [0.2, 0.25) is 11.8 Å². The highest BCUT2D eigenvalue weighted by Crippen LogP contribution is 2.66. The van der Waals surface area contributed by atoms with Crippen molar-refractivity contribution in [1.82, 2.24) is 9.88 Å². The fourth-order valence-corrected chi connectivity index (χ4v) is 8.56. The maximum atomic E-state index is 13.5. The average molecular weight is 470 g/mol. The van der Waals surface area contributed by atoms with Crippen molar-refractivity contribution in [2.75, 3.05) is 12.4 Å². The van der Waals surface area contributed by atoms with Gasteiger partial charge in [-0.25, -0.2) is 0 Å². The minimum atomic E-state index is 0.00193. The van der Waals surface area contributed by atoms with Gasteiger partial charge in [0.1, 0.15) is 0 Å². The number of rotatable bonds is 2. The number of carbonyl (C=O) groups is 2. The van der Waals surface area contributed by atoms with Gasteiger partial charge in [0.25, 0.3) is 0 Å². The van der Waals surface area contributed by atoms with E-state index in [9.17, 15) is 9.59 Å². The van der Waals surface area contributed by atoms with Crippen molar-refractivity contribution in [3.05, 3.63) is 34.2 Å². The van der Waals surface area contributed by atoms with E-state index in [0.717, 1.165) is 44.2 Å². The molecule has 3 fully saturated rings. The summed E-state index contributed by atoms with van der Waals surface area (Å²) in [6.07, 6.45) is 8.59. The second-order valence-corrected chi connectivity index (χ2v) is 11.9. The quantitative estimate of drug-likeness (QED) is 0.579. The molecule has 1 aliphatic heterocycles. The number of aryl methyl sites for hydroxylation is 1. The Hall–Kier alpha value is -1.88. The summed E-state index contributed by atoms with van der Waals surface area (Å²) < 4.78 is 0. The van der Waals surface area contributed by atoms with Gasteiger partial charge in [-0.2, -0.15) is 0 Å². The molecule has 1 unspecified atom stereocenters. The number of allylic oxidation sites excluding steroid dienone is 2. The summed E-state index contributed by atoms with van der Waals surface area (Å²) >= 11 is 6.42. The molecular formula is C27H36ClN3O2. The number of aromatic nitrogens is 1. The third-order valence-electron chi connectivity index (χ3n) is 9.95. The number of halogens is 1. The van der Waals surface area contributed by atoms with Crippen LogP contribution in [0.3, 0.4) is 0 Å². The second kappa shape index (κ2) is 7.83. The number of hydrogen-bond donors (Lipinski definition) is 1. The Morgan fingerprint density at radius 2 is 1.94 bits per heavy atom. The second-order valence-electron chi connectivity index (χ2n) is 11.5. The molecule has 2 saturated carbocycles. The molecule has 33 heavy (non-hydrogen) atoms. The van der Waals surface area contributed by atoms with Gasteiger partial charge in [0.15, 0.2) is 0 Å². The van der Waals surface area contributed by atoms with Crippen LogP contribution in [0, 0.1) is 41.4 Å². The molecule has 2 heterocycles. The summed E-state index contributed by atoms with van der Waals surface area (Å²) in [5.74, 6) is 2.07. The predicted octanol–water partition coefficient (Wildman–Crippen LogP) is 5.98. The van der Waals surface area contributed by atoms with Crippen LogP contribution in [0.4, 0.5) is 5.69 Å². The first kappa shape index (κ1) is 22.9. The van der Waals surface area contributed by atoms with Crippen molar-refractivity contribution >= 4 is 29.1 Å². The number of fused-ring (bicyclic) bond motifs is 5. The first-order chi connectivity index (χ1) is 15.6. The maximum absolute atomic E-state index is 13.5. The molecule has 5 rings (SSSR count). The summed E-state index contributed by atoms with van der Waals surface area (Å²) in [6, 6.07) is 1.79. The van der Waals surface area contributed by atoms with E-state index >= 15 is 0 Å². The highest BCUT2D eigenvalue weighted by molar-refractivity contribution is 6.34. The zero-order chi connectivity index (χ0) is 23.7. The summed E-state index contributed by atoms with van der Waals surface area (Å²) in [4.78, 5) is 32.1. The summed E-state index contributed by atoms with van der Waals surface area (Å²) in [6.45, 7) is 8.85. The Labute approximate surface area is 202 Å². The normalized spacial score (nSPS) is 38.0. The van der Waals surface area contributed by atoms with Gasteiger partial charge in [-0.05, 0) is 81.6 Å². The van der Waals surface area contributed by atoms with Crippen LogP contribution in [0.1, 0.15) is 71.4 Å². The SMILES string of the molecule is CC1=C2N(C)C(=O)CC[C@]2(C)[C@@H]2CC[C@]3(C)C(C(=O)Nc4ccnc(C)c4Cl)CC[C@H]3[C@@H]2C1. The van der Waals surface area contributed by atoms with E-state index in [-0.39, 0.29) is 28.6 Å². The lowest BCUT2D eigenvalue weighted by molar-refractivity contribution is -0.137. The van der Waals surface area contributed by atoms with Gasteiger partial charge >= 0.3 is 0 Å². The Bertz CT molecular complexity index is 1050. The minimum absolute atomic E-state index is 0.00193. The van der Waals surface area contributed by atoms with Crippen LogP contribution in [0.25, 0.3) is 0 Å². The molecule has 178 valence electrons. The van der Waals surface area contributed by atoms with E-state index in [1.165, 1.54) is 11.3 Å². The average Bonchev–Trinajstić information content (AvgIpc) is 3.12. The van der Waals surface area contributed by atoms with E-state index in [1.807, 2.05) is 18.9 Å². The molecular weight excluding hydrogens is 434 g/mol. The molecule has 0 aromatic carbocycles. The van der Waals surface area contributed by atoms with Crippen LogP contribution in [0.5, 0.6) is 0 Å². The zero-order valence-electron chi connectivity index (χ0n) is 20.5. The fourth-order valence-electron chi connectivity index (χ4n) is 8.40. The van der Waals surface area contributed by atoms with E-state index in [2.05, 4.69) is 31.1 Å². The van der Waals surface area contributed by atoms with Gasteiger partial charge in [-0.1, -0.05) is 31.0 Å². The first-order valence-electron chi connectivity index (χ1n) is 12.5. The van der Waals surface area contributed by atoms with Crippen LogP contribution < -0.4 is 5.32 Å². The Balaban J connectivity index is 1.42. The Morgan fingerprint density at radius 3 is 2.70 bits per heavy atom. The smallest absolute Gasteiger partial charge is 0.228 e. The lowest BCUT2D eigenvalue weighted by atomic mass is 9.48. The molecule has 6 heteroatoms. The molecule has 2 amide bonds. The van der Waals surface area contributed by atoms with Gasteiger partial charge in [-0.3, -0.25) is 14.6 Å². The van der Waals surface area contributed by atoms with Gasteiger partial charge in [-0.15, -0.1) is 0 Å². The van der Waals surface area contributed by atoms with Crippen molar-refractivity contribution in [1.29, 1.82) is 0 Å². The van der Waals surface area contributed by atoms with Crippen molar-refractivity contribution in [3.8, 4) is 0 Å². The van der Waals surface area contributed by atoms with Crippen LogP contribution in [0.15, 0.2) is 23.5 Å². The number of pyridine rings is 1. The predicted molar refractivity (Wildman–Crippen MR) is 131 cm³/mol. The third-order valence-corrected chi connectivity index (χ3v) is 10.4. The number of likely N-dealkylation sites (tertiary alicyclic amines) is 1. The maximum Gasteiger partial charge on any atom is 0.228 e. The van der Waals surface area contributed by atoms with Gasteiger partial charge in [0.05, 0.1) is 16.4 Å². The van der Waals surface area contributed by atoms with Crippen LogP contribution >= 0.6 is 11.6 Å². The molecule has 3 aliphatic carbocycles. The summed E-state index contributed by atoms with van der Waals surface area (Å²) in [5.41, 5.74) is 4.14. The molecule has 0 spiro atoms. The summed E-state index contributed by atoms with van der Waals surface area (Å²) in [5, 5.41) is 3.66. The topological polar surface area (TPSA) is 62.3 Å². The number of carbonyl (C=O) groups excluding carboxylic acids is 2. The van der Waals surface area contributed by atoms with E-state index in [0.29, 0.717) is 34.9 Å². The summed E-state index contributed by atoms with van der Waals surface area (Å²) in [7, 11) is 1.97. The van der Waals surface area contributed by atoms with Crippen molar-refractivity contribution in [2.45, 2.75) is 72.6 Å². The number of hydrogen-bond acceptors (Lipinski definition) is 3. The first-order valence-corrected chi connectivity index (χ1v) is 12.8. The zero-order valence-corrected chi connectivity index (χ0v) is 21.3. The van der Waals surface area contributed by atoms with Crippen molar-refractivity contribution in [2.24, 2.45) is 34.5 Å². The molecule has 4 aliphatic rings. The fraction of sp³-hybridized carbons (Fsp3) is 0.667. The van der Waals surface area contributed by atoms with E-state index < -0.39 is 0 Å². The van der Waals surface area contributed by atoms with Gasteiger partial charge < -0.3 is 10.2 Å². The third kappa shape index (κ3) is 3.29. The number of piperidine rings is 1. The van der Waals surface area contributed by atoms with Crippen LogP contribution in [-0.2, 0) is 9.59 Å². The van der Waals surface area contributed by atoms with E-state index in [1.54, 1.807) is 12.3 Å². The van der Waals surface area contributed by atoms with Gasteiger partial charge in [0, 0.05) is 36.7 Å². The molecule has 1 aromatic rings. The molecule has 6 atom stereocenters. The highest BCUT2D eigenvalue weighted by atomic mass is 35.5. The molecule has 1 N–H and O–H groups in total. The molecule has 1 aromatic heterocycles. The van der Waals surface area contributed by atoms with E-state index in [4.69, 9.17) is 11.6 Å². The van der Waals surface area contributed by atoms with Crippen molar-refractivity contribution < 1.29 is 9.59 Å². The lowest BCUT2D eigenvalue weighted by Crippen LogP contribution is -2.54. The Morgan fingerprint density at radius 1 is 1.18 bits per heavy atom. The molecule has 1 saturated heterocycles. The lowest BCUT2D eigenvalue weighted by Gasteiger charge is -2.59. The molecule has 0 bridgehead atoms. The number of anilines is 1. The number of amides is 2. The highest BCUT2D eigenvalue weighted by Gasteiger charge is 2.61. The minimum Gasteiger partial charge on any atom is -0.324 e. The Kier molecular flexibility index (Phi) is 5.43. The standard InChI is InChI=1S/C27H36ClN3O2/c1-15-14-17-18-6-7-20(25(33)30-21-10-13-29-16(2)23(21)28)26(18,3)11-8-19(17)27(4)12-9-22(32)31(5)24(15)27/h10,13,17-20H,6-9,11-12,14H2,1-5H3,(H,29,30,33)/t17-,18-,19+,20?,26-,27+/m0/s1. The molecule has 0 radical (unpaired) electrons. The molecule has 5 nitrogen and oxygen atoms in total. The van der Waals surface area contributed by atoms with Crippen LogP contribution in [0.2, 0.25) is 5.02 Å². The largest absolute Gasteiger partial charge is 0.324 e. The number of nitrogens with one attached hydrogen (secondary N) is 1. The number of nitrogens with zero attached hydrogens (tertiary/aromatic N) is 2.